The molecule has 11 nitrogen and oxygen atoms in total. The quantitative estimate of drug-likeness (QED) is 0.242. The molecule has 41 heavy (non-hydrogen) atoms. The summed E-state index contributed by atoms with van der Waals surface area (Å²) in [6.07, 6.45) is 6.85. The second-order valence-corrected chi connectivity index (χ2v) is 10.4. The lowest BCUT2D eigenvalue weighted by atomic mass is 10.0. The third-order valence-corrected chi connectivity index (χ3v) is 7.48. The summed E-state index contributed by atoms with van der Waals surface area (Å²) in [7, 11) is 1.58. The van der Waals surface area contributed by atoms with Gasteiger partial charge in [0, 0.05) is 38.3 Å². The Morgan fingerprint density at radius 2 is 2.00 bits per heavy atom. The van der Waals surface area contributed by atoms with Crippen molar-refractivity contribution in [1.29, 1.82) is 0 Å². The van der Waals surface area contributed by atoms with E-state index in [9.17, 15) is 4.79 Å². The van der Waals surface area contributed by atoms with Crippen LogP contribution in [0.15, 0.2) is 67.4 Å². The van der Waals surface area contributed by atoms with E-state index in [1.165, 1.54) is 11.9 Å². The van der Waals surface area contributed by atoms with Gasteiger partial charge in [-0.1, -0.05) is 35.9 Å². The molecule has 210 valence electrons. The Hall–Kier alpha value is -4.48. The molecular weight excluding hydrogens is 542 g/mol. The van der Waals surface area contributed by atoms with E-state index in [2.05, 4.69) is 59.8 Å². The maximum atomic E-state index is 11.5. The zero-order valence-electron chi connectivity index (χ0n) is 22.5. The highest BCUT2D eigenvalue weighted by Crippen LogP contribution is 2.33. The zero-order valence-corrected chi connectivity index (χ0v) is 23.3. The van der Waals surface area contributed by atoms with Gasteiger partial charge in [-0.2, -0.15) is 5.10 Å². The van der Waals surface area contributed by atoms with Crippen LogP contribution in [0.5, 0.6) is 5.75 Å². The van der Waals surface area contributed by atoms with Crippen molar-refractivity contribution in [3.8, 4) is 22.8 Å². The summed E-state index contributed by atoms with van der Waals surface area (Å²) < 4.78 is 7.35. The van der Waals surface area contributed by atoms with Crippen LogP contribution in [0.1, 0.15) is 18.4 Å². The van der Waals surface area contributed by atoms with E-state index < -0.39 is 0 Å². The Kier molecular flexibility index (Phi) is 7.79. The number of halogens is 1. The van der Waals surface area contributed by atoms with E-state index in [0.29, 0.717) is 22.2 Å². The lowest BCUT2D eigenvalue weighted by Crippen LogP contribution is -2.38. The number of rotatable bonds is 9. The Balaban J connectivity index is 1.10. The molecule has 1 aliphatic rings. The van der Waals surface area contributed by atoms with Crippen LogP contribution in [0.2, 0.25) is 5.02 Å². The summed E-state index contributed by atoms with van der Waals surface area (Å²) in [5, 5.41) is 10.9. The van der Waals surface area contributed by atoms with Crippen LogP contribution in [0, 0.1) is 0 Å². The second-order valence-electron chi connectivity index (χ2n) is 9.96. The first-order valence-corrected chi connectivity index (χ1v) is 13.8. The van der Waals surface area contributed by atoms with Gasteiger partial charge in [-0.05, 0) is 42.7 Å². The number of likely N-dealkylation sites (tertiary alicyclic amines) is 1. The topological polar surface area (TPSA) is 126 Å². The van der Waals surface area contributed by atoms with E-state index in [1.807, 2.05) is 18.2 Å². The molecule has 0 aliphatic carbocycles. The predicted molar refractivity (Wildman–Crippen MR) is 157 cm³/mol. The fourth-order valence-corrected chi connectivity index (χ4v) is 5.16. The van der Waals surface area contributed by atoms with Gasteiger partial charge < -0.3 is 20.4 Å². The number of pyridine rings is 1. The van der Waals surface area contributed by atoms with Crippen LogP contribution in [-0.2, 0) is 11.3 Å². The largest absolute Gasteiger partial charge is 0.484 e. The number of H-pyrrole nitrogens is 1. The third-order valence-electron chi connectivity index (χ3n) is 7.19. The minimum Gasteiger partial charge on any atom is -0.484 e. The Labute approximate surface area is 241 Å². The van der Waals surface area contributed by atoms with Gasteiger partial charge in [0.25, 0.3) is 5.91 Å². The van der Waals surface area contributed by atoms with Gasteiger partial charge in [0.15, 0.2) is 12.3 Å². The van der Waals surface area contributed by atoms with Crippen molar-refractivity contribution in [3.05, 3.63) is 78.0 Å². The maximum absolute atomic E-state index is 11.5. The minimum absolute atomic E-state index is 0.0551. The molecule has 5 aromatic rings. The first-order valence-electron chi connectivity index (χ1n) is 13.5. The van der Waals surface area contributed by atoms with Crippen LogP contribution in [0.4, 0.5) is 5.69 Å². The van der Waals surface area contributed by atoms with Gasteiger partial charge >= 0.3 is 0 Å². The van der Waals surface area contributed by atoms with Gasteiger partial charge in [0.1, 0.15) is 29.7 Å². The van der Waals surface area contributed by atoms with Crippen molar-refractivity contribution < 1.29 is 9.53 Å². The normalized spacial score (nSPS) is 14.3. The van der Waals surface area contributed by atoms with Crippen LogP contribution in [0.25, 0.3) is 28.2 Å². The molecule has 0 bridgehead atoms. The molecule has 0 unspecified atom stereocenters. The van der Waals surface area contributed by atoms with Crippen LogP contribution >= 0.6 is 11.6 Å². The van der Waals surface area contributed by atoms with Crippen molar-refractivity contribution in [1.82, 2.24) is 39.9 Å². The fourth-order valence-electron chi connectivity index (χ4n) is 4.96. The van der Waals surface area contributed by atoms with Crippen LogP contribution in [-0.4, -0.2) is 73.3 Å². The van der Waals surface area contributed by atoms with Crippen molar-refractivity contribution in [3.63, 3.8) is 0 Å². The number of carbonyl (C=O) groups is 1. The Morgan fingerprint density at radius 3 is 2.76 bits per heavy atom. The minimum atomic E-state index is -0.197. The van der Waals surface area contributed by atoms with Gasteiger partial charge in [0.05, 0.1) is 22.6 Å². The number of piperidine rings is 1. The average Bonchev–Trinajstić information content (AvgIpc) is 3.70. The summed E-state index contributed by atoms with van der Waals surface area (Å²) in [5.41, 5.74) is 5.24. The summed E-state index contributed by atoms with van der Waals surface area (Å²) in [5.74, 6) is 1.03. The van der Waals surface area contributed by atoms with Crippen molar-refractivity contribution in [2.45, 2.75) is 25.4 Å². The first kappa shape index (κ1) is 26.7. The number of carbonyl (C=O) groups excluding carboxylic acids is 1. The molecule has 3 N–H and O–H groups in total. The molecule has 6 rings (SSSR count). The highest BCUT2D eigenvalue weighted by atomic mass is 35.5. The molecule has 2 aromatic carbocycles. The van der Waals surface area contributed by atoms with Crippen molar-refractivity contribution in [2.24, 2.45) is 0 Å². The lowest BCUT2D eigenvalue weighted by molar-refractivity contribution is -0.122. The molecular formula is C29H30ClN9O2. The highest BCUT2D eigenvalue weighted by molar-refractivity contribution is 6.34. The zero-order chi connectivity index (χ0) is 28.2. The molecule has 1 saturated heterocycles. The van der Waals surface area contributed by atoms with Crippen LogP contribution in [0.3, 0.4) is 0 Å². The van der Waals surface area contributed by atoms with E-state index >= 15 is 0 Å². The van der Waals surface area contributed by atoms with E-state index in [-0.39, 0.29) is 18.6 Å². The molecule has 0 saturated carbocycles. The van der Waals surface area contributed by atoms with Crippen molar-refractivity contribution in [2.75, 3.05) is 32.1 Å². The highest BCUT2D eigenvalue weighted by Gasteiger charge is 2.22. The van der Waals surface area contributed by atoms with Crippen molar-refractivity contribution >= 4 is 34.4 Å². The Morgan fingerprint density at radius 1 is 1.17 bits per heavy atom. The van der Waals surface area contributed by atoms with Gasteiger partial charge in [0.2, 0.25) is 0 Å². The summed E-state index contributed by atoms with van der Waals surface area (Å²) >= 11 is 6.62. The molecule has 1 amide bonds. The molecule has 1 fully saturated rings. The number of benzene rings is 2. The number of nitrogens with zero attached hydrogens (tertiary/aromatic N) is 6. The van der Waals surface area contributed by atoms with Gasteiger partial charge in [-0.3, -0.25) is 9.69 Å². The molecule has 1 aliphatic heterocycles. The smallest absolute Gasteiger partial charge is 0.257 e. The van der Waals surface area contributed by atoms with E-state index in [0.717, 1.165) is 54.9 Å². The third kappa shape index (κ3) is 6.16. The van der Waals surface area contributed by atoms with Crippen LogP contribution < -0.4 is 15.4 Å². The standard InChI is InChI=1S/C29H30ClN9O2/c1-31-25(40)16-41-23-4-2-3-20(13-23)28-36-27-26(24(30)14-33-29(27)37-28)35-21-9-11-38(12-10-21)15-19-5-7-22(8-6-19)39-18-32-17-34-39/h2-8,13-14,17-18,21H,9-12,15-16H2,1H3,(H,31,40)(H2,33,35,36,37). The van der Waals surface area contributed by atoms with Gasteiger partial charge in [-0.15, -0.1) is 0 Å². The number of nitrogens with one attached hydrogen (secondary N) is 3. The average molecular weight is 572 g/mol. The molecule has 0 spiro atoms. The number of fused-ring (bicyclic) bond motifs is 1. The number of likely N-dealkylation sites (N-methyl/N-ethyl adjacent to an activating group) is 1. The number of aromatic amines is 1. The molecule has 3 aromatic heterocycles. The number of aromatic nitrogens is 6. The lowest BCUT2D eigenvalue weighted by Gasteiger charge is -2.33. The fraction of sp³-hybridized carbons (Fsp3) is 0.276. The Bertz CT molecular complexity index is 1630. The predicted octanol–water partition coefficient (Wildman–Crippen LogP) is 4.06. The number of hydrogen-bond acceptors (Lipinski definition) is 8. The number of ether oxygens (including phenoxy) is 1. The maximum Gasteiger partial charge on any atom is 0.257 e. The molecule has 4 heterocycles. The number of amides is 1. The molecule has 0 atom stereocenters. The van der Waals surface area contributed by atoms with Gasteiger partial charge in [-0.25, -0.2) is 19.6 Å². The summed E-state index contributed by atoms with van der Waals surface area (Å²) in [6.45, 7) is 2.80. The second kappa shape index (κ2) is 11.9. The number of imidazole rings is 1. The molecule has 0 radical (unpaired) electrons. The number of anilines is 1. The summed E-state index contributed by atoms with van der Waals surface area (Å²) in [4.78, 5) is 30.6. The monoisotopic (exact) mass is 571 g/mol. The number of hydrogen-bond donors (Lipinski definition) is 3. The summed E-state index contributed by atoms with van der Waals surface area (Å²) in [6, 6.07) is 16.1. The van der Waals surface area contributed by atoms with E-state index in [1.54, 1.807) is 30.3 Å². The van der Waals surface area contributed by atoms with E-state index in [4.69, 9.17) is 21.3 Å². The SMILES string of the molecule is CNC(=O)COc1cccc(-c2nc3ncc(Cl)c(NC4CCN(Cc5ccc(-n6cncn6)cc5)CC4)c3[nH]2)c1. The molecule has 12 heteroatoms. The first-order chi connectivity index (χ1) is 20.1.